The SMILES string of the molecule is Cc1cc(NCCN2CCOC(C)(C)C2)nc(C)n1. The van der Waals surface area contributed by atoms with Crippen LogP contribution in [-0.2, 0) is 4.74 Å². The maximum atomic E-state index is 5.71. The fraction of sp³-hybridized carbons (Fsp3) is 0.714. The second-order valence-corrected chi connectivity index (χ2v) is 5.75. The fourth-order valence-corrected chi connectivity index (χ4v) is 2.45. The highest BCUT2D eigenvalue weighted by Gasteiger charge is 2.26. The quantitative estimate of drug-likeness (QED) is 0.895. The smallest absolute Gasteiger partial charge is 0.129 e. The molecule has 1 saturated heterocycles. The van der Waals surface area contributed by atoms with Crippen molar-refractivity contribution in [3.63, 3.8) is 0 Å². The molecule has 0 saturated carbocycles. The first kappa shape index (κ1) is 14.2. The lowest BCUT2D eigenvalue weighted by molar-refractivity contribution is -0.0848. The number of rotatable bonds is 4. The first-order chi connectivity index (χ1) is 8.94. The Hall–Kier alpha value is -1.20. The Balaban J connectivity index is 1.80. The van der Waals surface area contributed by atoms with Crippen molar-refractivity contribution in [2.75, 3.05) is 38.1 Å². The third-order valence-corrected chi connectivity index (χ3v) is 3.20. The highest BCUT2D eigenvalue weighted by Crippen LogP contribution is 2.15. The molecular formula is C14H24N4O. The molecule has 5 nitrogen and oxygen atoms in total. The molecule has 0 aliphatic carbocycles. The van der Waals surface area contributed by atoms with Gasteiger partial charge in [-0.15, -0.1) is 0 Å². The monoisotopic (exact) mass is 264 g/mol. The van der Waals surface area contributed by atoms with Gasteiger partial charge in [-0.2, -0.15) is 0 Å². The molecule has 1 aromatic rings. The summed E-state index contributed by atoms with van der Waals surface area (Å²) in [5.41, 5.74) is 0.975. The normalized spacial score (nSPS) is 19.4. The molecule has 19 heavy (non-hydrogen) atoms. The standard InChI is InChI=1S/C14H24N4O/c1-11-9-13(17-12(2)16-11)15-5-6-18-7-8-19-14(3,4)10-18/h9H,5-8,10H2,1-4H3,(H,15,16,17). The first-order valence-corrected chi connectivity index (χ1v) is 6.87. The van der Waals surface area contributed by atoms with Crippen molar-refractivity contribution >= 4 is 5.82 Å². The lowest BCUT2D eigenvalue weighted by Gasteiger charge is -2.38. The molecule has 1 N–H and O–H groups in total. The average molecular weight is 264 g/mol. The number of hydrogen-bond donors (Lipinski definition) is 1. The summed E-state index contributed by atoms with van der Waals surface area (Å²) in [7, 11) is 0. The maximum Gasteiger partial charge on any atom is 0.129 e. The zero-order valence-electron chi connectivity index (χ0n) is 12.4. The van der Waals surface area contributed by atoms with Crippen LogP contribution in [0.3, 0.4) is 0 Å². The van der Waals surface area contributed by atoms with E-state index in [1.165, 1.54) is 0 Å². The van der Waals surface area contributed by atoms with Crippen molar-refractivity contribution in [1.82, 2.24) is 14.9 Å². The highest BCUT2D eigenvalue weighted by molar-refractivity contribution is 5.35. The summed E-state index contributed by atoms with van der Waals surface area (Å²) >= 11 is 0. The molecule has 2 heterocycles. The minimum Gasteiger partial charge on any atom is -0.373 e. The second-order valence-electron chi connectivity index (χ2n) is 5.75. The number of morpholine rings is 1. The summed E-state index contributed by atoms with van der Waals surface area (Å²) in [4.78, 5) is 11.1. The van der Waals surface area contributed by atoms with Crippen LogP contribution in [0.1, 0.15) is 25.4 Å². The molecule has 1 fully saturated rings. The van der Waals surface area contributed by atoms with E-state index in [1.54, 1.807) is 0 Å². The second kappa shape index (κ2) is 5.84. The van der Waals surface area contributed by atoms with Gasteiger partial charge in [-0.3, -0.25) is 4.90 Å². The molecule has 0 amide bonds. The molecule has 106 valence electrons. The van der Waals surface area contributed by atoms with Gasteiger partial charge in [-0.1, -0.05) is 0 Å². The Morgan fingerprint density at radius 2 is 2.16 bits per heavy atom. The van der Waals surface area contributed by atoms with Crippen molar-refractivity contribution in [3.05, 3.63) is 17.6 Å². The van der Waals surface area contributed by atoms with Gasteiger partial charge in [-0.25, -0.2) is 9.97 Å². The Bertz CT molecular complexity index is 413. The van der Waals surface area contributed by atoms with Crippen LogP contribution >= 0.6 is 0 Å². The Labute approximate surface area is 115 Å². The minimum atomic E-state index is -0.0274. The Morgan fingerprint density at radius 3 is 2.84 bits per heavy atom. The van der Waals surface area contributed by atoms with E-state index in [0.717, 1.165) is 50.1 Å². The highest BCUT2D eigenvalue weighted by atomic mass is 16.5. The van der Waals surface area contributed by atoms with E-state index >= 15 is 0 Å². The predicted molar refractivity (Wildman–Crippen MR) is 76.5 cm³/mol. The fourth-order valence-electron chi connectivity index (χ4n) is 2.45. The molecule has 0 unspecified atom stereocenters. The van der Waals surface area contributed by atoms with Crippen LogP contribution in [-0.4, -0.2) is 53.3 Å². The molecule has 0 spiro atoms. The third-order valence-electron chi connectivity index (χ3n) is 3.20. The third kappa shape index (κ3) is 4.44. The number of anilines is 1. The topological polar surface area (TPSA) is 50.3 Å². The number of ether oxygens (including phenoxy) is 1. The number of nitrogens with one attached hydrogen (secondary N) is 1. The largest absolute Gasteiger partial charge is 0.373 e. The number of aromatic nitrogens is 2. The van der Waals surface area contributed by atoms with Crippen LogP contribution in [0, 0.1) is 13.8 Å². The number of aryl methyl sites for hydroxylation is 2. The number of hydrogen-bond acceptors (Lipinski definition) is 5. The van der Waals surface area contributed by atoms with E-state index in [0.29, 0.717) is 0 Å². The zero-order valence-corrected chi connectivity index (χ0v) is 12.4. The molecule has 2 rings (SSSR count). The van der Waals surface area contributed by atoms with Crippen LogP contribution in [0.4, 0.5) is 5.82 Å². The van der Waals surface area contributed by atoms with Gasteiger partial charge < -0.3 is 10.1 Å². The van der Waals surface area contributed by atoms with E-state index in [4.69, 9.17) is 4.74 Å². The molecule has 1 aromatic heterocycles. The first-order valence-electron chi connectivity index (χ1n) is 6.87. The molecular weight excluding hydrogens is 240 g/mol. The van der Waals surface area contributed by atoms with Crippen LogP contribution < -0.4 is 5.32 Å². The predicted octanol–water partition coefficient (Wildman–Crippen LogP) is 1.62. The van der Waals surface area contributed by atoms with Crippen LogP contribution in [0.25, 0.3) is 0 Å². The summed E-state index contributed by atoms with van der Waals surface area (Å²) in [5, 5.41) is 3.37. The molecule has 0 bridgehead atoms. The van der Waals surface area contributed by atoms with Crippen molar-refractivity contribution in [2.24, 2.45) is 0 Å². The zero-order chi connectivity index (χ0) is 13.9. The summed E-state index contributed by atoms with van der Waals surface area (Å²) in [6, 6.07) is 1.98. The van der Waals surface area contributed by atoms with Crippen LogP contribution in [0.15, 0.2) is 6.07 Å². The van der Waals surface area contributed by atoms with E-state index in [-0.39, 0.29) is 5.60 Å². The molecule has 0 atom stereocenters. The van der Waals surface area contributed by atoms with Crippen molar-refractivity contribution in [2.45, 2.75) is 33.3 Å². The summed E-state index contributed by atoms with van der Waals surface area (Å²) in [6.07, 6.45) is 0. The number of nitrogens with zero attached hydrogens (tertiary/aromatic N) is 3. The van der Waals surface area contributed by atoms with Crippen molar-refractivity contribution in [3.8, 4) is 0 Å². The molecule has 0 radical (unpaired) electrons. The van der Waals surface area contributed by atoms with Crippen molar-refractivity contribution in [1.29, 1.82) is 0 Å². The van der Waals surface area contributed by atoms with Gasteiger partial charge >= 0.3 is 0 Å². The van der Waals surface area contributed by atoms with Crippen LogP contribution in [0.2, 0.25) is 0 Å². The maximum absolute atomic E-state index is 5.71. The molecule has 5 heteroatoms. The van der Waals surface area contributed by atoms with Gasteiger partial charge in [-0.05, 0) is 27.7 Å². The van der Waals surface area contributed by atoms with Gasteiger partial charge in [0.15, 0.2) is 0 Å². The molecule has 1 aliphatic rings. The van der Waals surface area contributed by atoms with E-state index in [9.17, 15) is 0 Å². The Kier molecular flexibility index (Phi) is 4.37. The van der Waals surface area contributed by atoms with Crippen molar-refractivity contribution < 1.29 is 4.74 Å². The summed E-state index contributed by atoms with van der Waals surface area (Å²) in [5.74, 6) is 1.73. The van der Waals surface area contributed by atoms with E-state index in [2.05, 4.69) is 34.0 Å². The minimum absolute atomic E-state index is 0.0274. The van der Waals surface area contributed by atoms with Gasteiger partial charge in [0.2, 0.25) is 0 Å². The van der Waals surface area contributed by atoms with Gasteiger partial charge in [0, 0.05) is 37.9 Å². The van der Waals surface area contributed by atoms with Gasteiger partial charge in [0.1, 0.15) is 11.6 Å². The van der Waals surface area contributed by atoms with E-state index < -0.39 is 0 Å². The lowest BCUT2D eigenvalue weighted by atomic mass is 10.1. The van der Waals surface area contributed by atoms with Gasteiger partial charge in [0.05, 0.1) is 12.2 Å². The van der Waals surface area contributed by atoms with Gasteiger partial charge in [0.25, 0.3) is 0 Å². The Morgan fingerprint density at radius 1 is 1.37 bits per heavy atom. The van der Waals surface area contributed by atoms with E-state index in [1.807, 2.05) is 19.9 Å². The van der Waals surface area contributed by atoms with Crippen LogP contribution in [0.5, 0.6) is 0 Å². The molecule has 1 aliphatic heterocycles. The lowest BCUT2D eigenvalue weighted by Crippen LogP contribution is -2.49. The summed E-state index contributed by atoms with van der Waals surface area (Å²) in [6.45, 7) is 12.9. The summed E-state index contributed by atoms with van der Waals surface area (Å²) < 4.78 is 5.71. The molecule has 0 aromatic carbocycles. The average Bonchev–Trinajstić information content (AvgIpc) is 2.26.